The second-order valence-electron chi connectivity index (χ2n) is 3.80. The van der Waals surface area contributed by atoms with Gasteiger partial charge in [0.2, 0.25) is 5.91 Å². The van der Waals surface area contributed by atoms with E-state index in [1.54, 1.807) is 7.05 Å². The molecule has 0 aliphatic carbocycles. The van der Waals surface area contributed by atoms with Gasteiger partial charge in [0.25, 0.3) is 0 Å². The van der Waals surface area contributed by atoms with Crippen molar-refractivity contribution < 1.29 is 9.53 Å². The maximum absolute atomic E-state index is 11.0. The summed E-state index contributed by atoms with van der Waals surface area (Å²) >= 11 is 0. The van der Waals surface area contributed by atoms with Gasteiger partial charge in [0.15, 0.2) is 0 Å². The third-order valence-electron chi connectivity index (χ3n) is 2.40. The summed E-state index contributed by atoms with van der Waals surface area (Å²) in [5, 5.41) is 5.67. The Hall–Kier alpha value is -1.55. The third kappa shape index (κ3) is 5.36. The van der Waals surface area contributed by atoms with Crippen molar-refractivity contribution in [2.24, 2.45) is 0 Å². The van der Waals surface area contributed by atoms with Crippen LogP contribution in [-0.2, 0) is 11.3 Å². The highest BCUT2D eigenvalue weighted by Crippen LogP contribution is 2.12. The van der Waals surface area contributed by atoms with E-state index in [-0.39, 0.29) is 5.91 Å². The van der Waals surface area contributed by atoms with Crippen molar-refractivity contribution >= 4 is 5.91 Å². The molecule has 2 N–H and O–H groups in total. The lowest BCUT2D eigenvalue weighted by atomic mass is 10.2. The van der Waals surface area contributed by atoms with Gasteiger partial charge in [-0.05, 0) is 31.2 Å². The summed E-state index contributed by atoms with van der Waals surface area (Å²) in [4.78, 5) is 11.0. The number of nitrogens with one attached hydrogen (secondary N) is 2. The first-order chi connectivity index (χ1) is 8.26. The van der Waals surface area contributed by atoms with Crippen LogP contribution >= 0.6 is 0 Å². The van der Waals surface area contributed by atoms with Crippen molar-refractivity contribution in [2.45, 2.75) is 19.4 Å². The fraction of sp³-hybridized carbons (Fsp3) is 0.462. The highest BCUT2D eigenvalue weighted by Gasteiger charge is 1.98. The average Bonchev–Trinajstić information content (AvgIpc) is 2.36. The van der Waals surface area contributed by atoms with Gasteiger partial charge in [0.1, 0.15) is 5.75 Å². The normalized spacial score (nSPS) is 10.0. The Morgan fingerprint density at radius 3 is 2.53 bits per heavy atom. The molecule has 0 saturated heterocycles. The fourth-order valence-corrected chi connectivity index (χ4v) is 1.46. The minimum absolute atomic E-state index is 0.0537. The largest absolute Gasteiger partial charge is 0.494 e. The van der Waals surface area contributed by atoms with E-state index in [4.69, 9.17) is 4.74 Å². The van der Waals surface area contributed by atoms with Crippen LogP contribution in [0.1, 0.15) is 18.4 Å². The second-order valence-corrected chi connectivity index (χ2v) is 3.80. The highest BCUT2D eigenvalue weighted by molar-refractivity contribution is 5.75. The first-order valence-electron chi connectivity index (χ1n) is 5.83. The number of hydrogen-bond donors (Lipinski definition) is 2. The molecule has 0 spiro atoms. The average molecular weight is 236 g/mol. The van der Waals surface area contributed by atoms with E-state index >= 15 is 0 Å². The quantitative estimate of drug-likeness (QED) is 0.702. The predicted octanol–water partition coefficient (Wildman–Crippen LogP) is 1.31. The summed E-state index contributed by atoms with van der Waals surface area (Å²) in [7, 11) is 3.56. The van der Waals surface area contributed by atoms with Crippen LogP contribution in [-0.4, -0.2) is 26.6 Å². The number of benzene rings is 1. The number of rotatable bonds is 7. The summed E-state index contributed by atoms with van der Waals surface area (Å²) in [6, 6.07) is 7.97. The maximum Gasteiger partial charge on any atom is 0.219 e. The standard InChI is InChI=1S/C13H20N2O2/c1-14-10-11-5-7-12(8-6-11)17-9-3-4-13(16)15-2/h5-8,14H,3-4,9-10H2,1-2H3,(H,15,16). The number of hydrogen-bond acceptors (Lipinski definition) is 3. The van der Waals surface area contributed by atoms with Crippen LogP contribution in [0, 0.1) is 0 Å². The van der Waals surface area contributed by atoms with Crippen LogP contribution in [0.2, 0.25) is 0 Å². The molecular weight excluding hydrogens is 216 g/mol. The number of amides is 1. The van der Waals surface area contributed by atoms with Gasteiger partial charge in [-0.15, -0.1) is 0 Å². The molecule has 1 amide bonds. The van der Waals surface area contributed by atoms with Gasteiger partial charge in [0, 0.05) is 20.0 Å². The summed E-state index contributed by atoms with van der Waals surface area (Å²) in [5.41, 5.74) is 1.23. The smallest absolute Gasteiger partial charge is 0.219 e. The molecule has 0 fully saturated rings. The van der Waals surface area contributed by atoms with E-state index < -0.39 is 0 Å². The SMILES string of the molecule is CNCc1ccc(OCCCC(=O)NC)cc1. The molecule has 1 rings (SSSR count). The maximum atomic E-state index is 11.0. The number of carbonyl (C=O) groups is 1. The lowest BCUT2D eigenvalue weighted by molar-refractivity contribution is -0.120. The molecule has 94 valence electrons. The number of carbonyl (C=O) groups excluding carboxylic acids is 1. The van der Waals surface area contributed by atoms with Gasteiger partial charge in [-0.25, -0.2) is 0 Å². The summed E-state index contributed by atoms with van der Waals surface area (Å²) < 4.78 is 5.53. The van der Waals surface area contributed by atoms with Gasteiger partial charge < -0.3 is 15.4 Å². The van der Waals surface area contributed by atoms with Crippen LogP contribution < -0.4 is 15.4 Å². The zero-order valence-corrected chi connectivity index (χ0v) is 10.5. The topological polar surface area (TPSA) is 50.4 Å². The Balaban J connectivity index is 2.25. The summed E-state index contributed by atoms with van der Waals surface area (Å²) in [6.45, 7) is 1.43. The van der Waals surface area contributed by atoms with Gasteiger partial charge in [0.05, 0.1) is 6.61 Å². The van der Waals surface area contributed by atoms with E-state index in [1.165, 1.54) is 5.56 Å². The van der Waals surface area contributed by atoms with Gasteiger partial charge in [-0.3, -0.25) is 4.79 Å². The van der Waals surface area contributed by atoms with Crippen molar-refractivity contribution in [3.63, 3.8) is 0 Å². The molecule has 0 atom stereocenters. The first-order valence-corrected chi connectivity index (χ1v) is 5.83. The Morgan fingerprint density at radius 2 is 1.94 bits per heavy atom. The lowest BCUT2D eigenvalue weighted by Crippen LogP contribution is -2.18. The van der Waals surface area contributed by atoms with E-state index in [2.05, 4.69) is 10.6 Å². The van der Waals surface area contributed by atoms with Crippen LogP contribution in [0.5, 0.6) is 5.75 Å². The molecule has 4 heteroatoms. The van der Waals surface area contributed by atoms with Crippen LogP contribution in [0.15, 0.2) is 24.3 Å². The Labute approximate surface area is 102 Å². The molecule has 0 radical (unpaired) electrons. The molecule has 0 aliphatic heterocycles. The van der Waals surface area contributed by atoms with Crippen LogP contribution in [0.3, 0.4) is 0 Å². The van der Waals surface area contributed by atoms with E-state index in [1.807, 2.05) is 31.3 Å². The molecule has 4 nitrogen and oxygen atoms in total. The zero-order chi connectivity index (χ0) is 12.5. The monoisotopic (exact) mass is 236 g/mol. The van der Waals surface area contributed by atoms with Gasteiger partial charge >= 0.3 is 0 Å². The first kappa shape index (κ1) is 13.5. The second kappa shape index (κ2) is 7.68. The molecule has 1 aromatic carbocycles. The Kier molecular flexibility index (Phi) is 6.10. The van der Waals surface area contributed by atoms with Crippen molar-refractivity contribution in [1.82, 2.24) is 10.6 Å². The zero-order valence-electron chi connectivity index (χ0n) is 10.5. The predicted molar refractivity (Wildman–Crippen MR) is 68.0 cm³/mol. The van der Waals surface area contributed by atoms with Crippen molar-refractivity contribution in [2.75, 3.05) is 20.7 Å². The van der Waals surface area contributed by atoms with Crippen LogP contribution in [0.25, 0.3) is 0 Å². The highest BCUT2D eigenvalue weighted by atomic mass is 16.5. The molecule has 17 heavy (non-hydrogen) atoms. The summed E-state index contributed by atoms with van der Waals surface area (Å²) in [5.74, 6) is 0.903. The van der Waals surface area contributed by atoms with Crippen molar-refractivity contribution in [3.8, 4) is 5.75 Å². The van der Waals surface area contributed by atoms with Gasteiger partial charge in [-0.2, -0.15) is 0 Å². The van der Waals surface area contributed by atoms with Gasteiger partial charge in [-0.1, -0.05) is 12.1 Å². The number of ether oxygens (including phenoxy) is 1. The lowest BCUT2D eigenvalue weighted by Gasteiger charge is -2.06. The molecule has 0 saturated carbocycles. The Bertz CT molecular complexity index is 336. The minimum atomic E-state index is 0.0537. The van der Waals surface area contributed by atoms with E-state index in [9.17, 15) is 4.79 Å². The molecular formula is C13H20N2O2. The van der Waals surface area contributed by atoms with E-state index in [0.29, 0.717) is 13.0 Å². The third-order valence-corrected chi connectivity index (χ3v) is 2.40. The summed E-state index contributed by atoms with van der Waals surface area (Å²) in [6.07, 6.45) is 1.24. The molecule has 0 aromatic heterocycles. The van der Waals surface area contributed by atoms with Crippen molar-refractivity contribution in [1.29, 1.82) is 0 Å². The Morgan fingerprint density at radius 1 is 1.24 bits per heavy atom. The van der Waals surface area contributed by atoms with E-state index in [0.717, 1.165) is 18.7 Å². The molecule has 0 unspecified atom stereocenters. The minimum Gasteiger partial charge on any atom is -0.494 e. The molecule has 1 aromatic rings. The molecule has 0 heterocycles. The molecule has 0 aliphatic rings. The van der Waals surface area contributed by atoms with Crippen molar-refractivity contribution in [3.05, 3.63) is 29.8 Å². The fourth-order valence-electron chi connectivity index (χ4n) is 1.46. The van der Waals surface area contributed by atoms with Crippen LogP contribution in [0.4, 0.5) is 0 Å². The molecule has 0 bridgehead atoms.